The van der Waals surface area contributed by atoms with Crippen LogP contribution >= 0.6 is 0 Å². The van der Waals surface area contributed by atoms with Crippen LogP contribution in [0.1, 0.15) is 36.9 Å². The second-order valence-electron chi connectivity index (χ2n) is 6.41. The van der Waals surface area contributed by atoms with E-state index in [2.05, 4.69) is 10.3 Å². The van der Waals surface area contributed by atoms with E-state index in [1.165, 1.54) is 5.56 Å². The number of hydrogen-bond acceptors (Lipinski definition) is 4. The molecule has 2 aromatic rings. The maximum atomic E-state index is 10.7. The summed E-state index contributed by atoms with van der Waals surface area (Å²) in [5, 5.41) is 12.0. The van der Waals surface area contributed by atoms with Crippen molar-refractivity contribution in [2.24, 2.45) is 5.92 Å². The molecule has 0 radical (unpaired) electrons. The largest absolute Gasteiger partial charge is 0.493 e. The minimum atomic E-state index is -0.709. The van der Waals surface area contributed by atoms with E-state index >= 15 is 0 Å². The Kier molecular flexibility index (Phi) is 5.53. The zero-order valence-corrected chi connectivity index (χ0v) is 14.4. The van der Waals surface area contributed by atoms with E-state index in [4.69, 9.17) is 9.84 Å². The summed E-state index contributed by atoms with van der Waals surface area (Å²) in [5.41, 5.74) is 2.21. The van der Waals surface area contributed by atoms with Crippen LogP contribution in [-0.4, -0.2) is 29.2 Å². The molecule has 0 aliphatic heterocycles. The van der Waals surface area contributed by atoms with Crippen LogP contribution in [0, 0.1) is 5.92 Å². The number of nitrogens with zero attached hydrogens (tertiary/aromatic N) is 1. The van der Waals surface area contributed by atoms with Gasteiger partial charge in [-0.25, -0.2) is 4.98 Å². The molecule has 3 rings (SSSR count). The highest BCUT2D eigenvalue weighted by molar-refractivity contribution is 5.67. The molecule has 1 fully saturated rings. The van der Waals surface area contributed by atoms with Crippen LogP contribution in [0.2, 0.25) is 0 Å². The van der Waals surface area contributed by atoms with Crippen molar-refractivity contribution in [3.63, 3.8) is 0 Å². The van der Waals surface area contributed by atoms with Crippen LogP contribution in [0.5, 0.6) is 5.75 Å². The number of pyridine rings is 1. The van der Waals surface area contributed by atoms with Gasteiger partial charge in [0.15, 0.2) is 0 Å². The van der Waals surface area contributed by atoms with Gasteiger partial charge in [-0.15, -0.1) is 0 Å². The fraction of sp³-hybridized carbons (Fsp3) is 0.400. The molecule has 1 aromatic heterocycles. The molecule has 5 heteroatoms. The van der Waals surface area contributed by atoms with Gasteiger partial charge in [-0.1, -0.05) is 18.2 Å². The van der Waals surface area contributed by atoms with Gasteiger partial charge in [0.25, 0.3) is 0 Å². The highest BCUT2D eigenvalue weighted by Gasteiger charge is 2.39. The first-order valence-corrected chi connectivity index (χ1v) is 8.80. The summed E-state index contributed by atoms with van der Waals surface area (Å²) in [6.07, 6.45) is 1.99. The predicted octanol–water partition coefficient (Wildman–Crippen LogP) is 3.71. The lowest BCUT2D eigenvalue weighted by atomic mass is 10.1. The summed E-state index contributed by atoms with van der Waals surface area (Å²) in [5.74, 6) is 1.70. The molecule has 0 saturated heterocycles. The fourth-order valence-corrected chi connectivity index (χ4v) is 3.09. The minimum Gasteiger partial charge on any atom is -0.493 e. The topological polar surface area (TPSA) is 71.5 Å². The average molecular weight is 340 g/mol. The van der Waals surface area contributed by atoms with Gasteiger partial charge in [0, 0.05) is 25.1 Å². The van der Waals surface area contributed by atoms with E-state index in [9.17, 15) is 4.79 Å². The summed E-state index contributed by atoms with van der Waals surface area (Å²) < 4.78 is 5.80. The van der Waals surface area contributed by atoms with Crippen LogP contribution < -0.4 is 10.1 Å². The van der Waals surface area contributed by atoms with Gasteiger partial charge < -0.3 is 15.2 Å². The first kappa shape index (κ1) is 17.3. The Labute approximate surface area is 148 Å². The molecule has 1 heterocycles. The fourth-order valence-electron chi connectivity index (χ4n) is 3.09. The second-order valence-corrected chi connectivity index (χ2v) is 6.41. The quantitative estimate of drug-likeness (QED) is 0.728. The van der Waals surface area contributed by atoms with Crippen LogP contribution in [0.4, 0.5) is 5.82 Å². The van der Waals surface area contributed by atoms with Crippen LogP contribution in [0.25, 0.3) is 0 Å². The molecular formula is C20H24N2O3. The van der Waals surface area contributed by atoms with Crippen LogP contribution in [-0.2, 0) is 11.2 Å². The van der Waals surface area contributed by atoms with Gasteiger partial charge in [-0.3, -0.25) is 4.79 Å². The zero-order chi connectivity index (χ0) is 17.6. The number of ether oxygens (including phenoxy) is 1. The van der Waals surface area contributed by atoms with E-state index in [-0.39, 0.29) is 6.42 Å². The SMILES string of the molecule is CCNc1cccc(CCOc2ccc(C3CC3CC(=O)O)cc2)n1. The van der Waals surface area contributed by atoms with Crippen molar-refractivity contribution in [1.29, 1.82) is 0 Å². The first-order chi connectivity index (χ1) is 12.2. The number of carbonyl (C=O) groups is 1. The lowest BCUT2D eigenvalue weighted by molar-refractivity contribution is -0.137. The van der Waals surface area contributed by atoms with Crippen molar-refractivity contribution >= 4 is 11.8 Å². The Morgan fingerprint density at radius 2 is 2.08 bits per heavy atom. The molecule has 132 valence electrons. The molecule has 1 aromatic carbocycles. The number of rotatable bonds is 9. The van der Waals surface area contributed by atoms with E-state index in [0.717, 1.165) is 36.6 Å². The number of anilines is 1. The van der Waals surface area contributed by atoms with Crippen LogP contribution in [0.15, 0.2) is 42.5 Å². The van der Waals surface area contributed by atoms with Gasteiger partial charge in [0.1, 0.15) is 11.6 Å². The Morgan fingerprint density at radius 1 is 1.28 bits per heavy atom. The number of nitrogens with one attached hydrogen (secondary N) is 1. The normalized spacial score (nSPS) is 18.6. The van der Waals surface area contributed by atoms with Gasteiger partial charge in [0.05, 0.1) is 6.61 Å². The maximum Gasteiger partial charge on any atom is 0.303 e. The molecule has 2 N–H and O–H groups in total. The van der Waals surface area contributed by atoms with E-state index < -0.39 is 5.97 Å². The Bertz CT molecular complexity index is 715. The van der Waals surface area contributed by atoms with Gasteiger partial charge >= 0.3 is 5.97 Å². The third kappa shape index (κ3) is 4.95. The molecule has 1 aliphatic carbocycles. The molecule has 0 amide bonds. The number of carboxylic acid groups (broad SMARTS) is 1. The van der Waals surface area contributed by atoms with E-state index in [1.54, 1.807) is 0 Å². The van der Waals surface area contributed by atoms with Crippen molar-refractivity contribution in [1.82, 2.24) is 4.98 Å². The van der Waals surface area contributed by atoms with Gasteiger partial charge in [-0.05, 0) is 55.0 Å². The molecule has 0 spiro atoms. The second kappa shape index (κ2) is 8.01. The number of hydrogen-bond donors (Lipinski definition) is 2. The zero-order valence-electron chi connectivity index (χ0n) is 14.4. The van der Waals surface area contributed by atoms with E-state index in [0.29, 0.717) is 18.4 Å². The summed E-state index contributed by atoms with van der Waals surface area (Å²) in [4.78, 5) is 15.3. The van der Waals surface area contributed by atoms with E-state index in [1.807, 2.05) is 49.4 Å². The summed E-state index contributed by atoms with van der Waals surface area (Å²) >= 11 is 0. The average Bonchev–Trinajstić information content (AvgIpc) is 3.34. The third-order valence-corrected chi connectivity index (χ3v) is 4.46. The van der Waals surface area contributed by atoms with Crippen LogP contribution in [0.3, 0.4) is 0 Å². The molecule has 2 atom stereocenters. The molecule has 1 aliphatic rings. The monoisotopic (exact) mass is 340 g/mol. The number of benzene rings is 1. The van der Waals surface area contributed by atoms with Gasteiger partial charge in [0.2, 0.25) is 0 Å². The highest BCUT2D eigenvalue weighted by atomic mass is 16.5. The number of aromatic nitrogens is 1. The predicted molar refractivity (Wildman–Crippen MR) is 97.1 cm³/mol. The molecule has 5 nitrogen and oxygen atoms in total. The summed E-state index contributed by atoms with van der Waals surface area (Å²) in [6.45, 7) is 3.48. The Balaban J connectivity index is 1.46. The maximum absolute atomic E-state index is 10.7. The Morgan fingerprint density at radius 3 is 2.80 bits per heavy atom. The lowest BCUT2D eigenvalue weighted by Gasteiger charge is -2.08. The molecule has 0 bridgehead atoms. The molecular weight excluding hydrogens is 316 g/mol. The van der Waals surface area contributed by atoms with Crippen molar-refractivity contribution in [3.8, 4) is 5.75 Å². The summed E-state index contributed by atoms with van der Waals surface area (Å²) in [7, 11) is 0. The molecule has 2 unspecified atom stereocenters. The standard InChI is InChI=1S/C20H24N2O3/c1-2-21-19-5-3-4-16(22-19)10-11-25-17-8-6-14(7-9-17)18-12-15(18)13-20(23)24/h3-9,15,18H,2,10-13H2,1H3,(H,21,22)(H,23,24). The number of aliphatic carboxylic acids is 1. The van der Waals surface area contributed by atoms with Crippen molar-refractivity contribution in [3.05, 3.63) is 53.7 Å². The highest BCUT2D eigenvalue weighted by Crippen LogP contribution is 2.49. The van der Waals surface area contributed by atoms with Crippen molar-refractivity contribution in [2.45, 2.75) is 32.1 Å². The molecule has 1 saturated carbocycles. The first-order valence-electron chi connectivity index (χ1n) is 8.80. The number of carboxylic acids is 1. The lowest BCUT2D eigenvalue weighted by Crippen LogP contribution is -2.05. The molecule has 25 heavy (non-hydrogen) atoms. The van der Waals surface area contributed by atoms with Gasteiger partial charge in [-0.2, -0.15) is 0 Å². The van der Waals surface area contributed by atoms with Crippen molar-refractivity contribution < 1.29 is 14.6 Å². The van der Waals surface area contributed by atoms with Crippen molar-refractivity contribution in [2.75, 3.05) is 18.5 Å². The third-order valence-electron chi connectivity index (χ3n) is 4.46. The Hall–Kier alpha value is -2.56. The smallest absolute Gasteiger partial charge is 0.303 e. The summed E-state index contributed by atoms with van der Waals surface area (Å²) in [6, 6.07) is 14.0. The minimum absolute atomic E-state index is 0.266.